The van der Waals surface area contributed by atoms with Crippen molar-refractivity contribution in [3.8, 4) is 11.1 Å². The van der Waals surface area contributed by atoms with Gasteiger partial charge in [0, 0.05) is 24.4 Å². The minimum Gasteiger partial charge on any atom is -0.467 e. The van der Waals surface area contributed by atoms with Crippen LogP contribution >= 0.6 is 23.2 Å². The van der Waals surface area contributed by atoms with Crippen molar-refractivity contribution in [3.63, 3.8) is 0 Å². The van der Waals surface area contributed by atoms with E-state index in [1.54, 1.807) is 10.9 Å². The zero-order valence-corrected chi connectivity index (χ0v) is 30.3. The van der Waals surface area contributed by atoms with Gasteiger partial charge in [-0.2, -0.15) is 0 Å². The number of carbonyl (C=O) groups excluding carboxylic acids is 2. The maximum atomic E-state index is 12.8. The predicted molar refractivity (Wildman–Crippen MR) is 198 cm³/mol. The van der Waals surface area contributed by atoms with E-state index in [-0.39, 0.29) is 36.4 Å². The van der Waals surface area contributed by atoms with Gasteiger partial charge in [0.2, 0.25) is 0 Å². The molecule has 1 fully saturated rings. The van der Waals surface area contributed by atoms with Gasteiger partial charge in [0.1, 0.15) is 11.2 Å². The van der Waals surface area contributed by atoms with Crippen molar-refractivity contribution in [3.05, 3.63) is 148 Å². The molecule has 0 bridgehead atoms. The molecule has 0 radical (unpaired) electrons. The SMILES string of the molecule is COC(=O)C(Cc1ccccc1)NC(=O)NCc1cccc(-c2ccc(C3OC(Cn4cnc(Cl)c4Cl)C(C)C(c4ccc(CO)cc4)O3)cc2)c1. The van der Waals surface area contributed by atoms with Crippen molar-refractivity contribution in [1.82, 2.24) is 20.2 Å². The standard InChI is InChI=1S/C40H40Cl2N4O6/c1-25-34(22-46-24-44-36(41)37(46)42)51-39(52-35(25)30-13-11-27(23-47)12-14-30)31-17-15-29(16-18-31)32-10-6-9-28(19-32)21-43-40(49)45-33(38(48)50-2)20-26-7-4-3-5-8-26/h3-19,24-25,33-35,39,47H,20-23H2,1-2H3,(H2,43,45,49). The molecule has 0 spiro atoms. The highest BCUT2D eigenvalue weighted by Crippen LogP contribution is 2.42. The quantitative estimate of drug-likeness (QED) is 0.114. The molecule has 270 valence electrons. The average Bonchev–Trinajstić information content (AvgIpc) is 3.50. The summed E-state index contributed by atoms with van der Waals surface area (Å²) in [5, 5.41) is 15.7. The summed E-state index contributed by atoms with van der Waals surface area (Å²) in [4.78, 5) is 29.3. The maximum Gasteiger partial charge on any atom is 0.328 e. The van der Waals surface area contributed by atoms with Crippen LogP contribution in [0.4, 0.5) is 4.79 Å². The molecule has 5 unspecified atom stereocenters. The second kappa shape index (κ2) is 17.2. The van der Waals surface area contributed by atoms with Crippen LogP contribution in [0.1, 0.15) is 47.1 Å². The van der Waals surface area contributed by atoms with Crippen LogP contribution in [-0.4, -0.2) is 45.9 Å². The third kappa shape index (κ3) is 9.01. The Kier molecular flexibility index (Phi) is 12.3. The summed E-state index contributed by atoms with van der Waals surface area (Å²) in [5.41, 5.74) is 6.38. The normalized spacial score (nSPS) is 19.1. The first-order chi connectivity index (χ1) is 25.2. The summed E-state index contributed by atoms with van der Waals surface area (Å²) in [6, 6.07) is 31.8. The van der Waals surface area contributed by atoms with Crippen LogP contribution in [0.15, 0.2) is 109 Å². The molecule has 0 saturated carbocycles. The monoisotopic (exact) mass is 742 g/mol. The lowest BCUT2D eigenvalue weighted by molar-refractivity contribution is -0.276. The highest BCUT2D eigenvalue weighted by molar-refractivity contribution is 6.40. The maximum absolute atomic E-state index is 12.8. The summed E-state index contributed by atoms with van der Waals surface area (Å²) < 4.78 is 19.9. The molecule has 0 aliphatic carbocycles. The number of hydrogen-bond acceptors (Lipinski definition) is 7. The van der Waals surface area contributed by atoms with Crippen LogP contribution in [0.3, 0.4) is 0 Å². The van der Waals surface area contributed by atoms with Gasteiger partial charge in [-0.1, -0.05) is 127 Å². The molecule has 10 nitrogen and oxygen atoms in total. The first-order valence-corrected chi connectivity index (χ1v) is 17.7. The van der Waals surface area contributed by atoms with Gasteiger partial charge >= 0.3 is 12.0 Å². The largest absolute Gasteiger partial charge is 0.467 e. The third-order valence-electron chi connectivity index (χ3n) is 9.20. The average molecular weight is 744 g/mol. The third-order valence-corrected chi connectivity index (χ3v) is 9.97. The fourth-order valence-electron chi connectivity index (χ4n) is 6.26. The van der Waals surface area contributed by atoms with E-state index < -0.39 is 24.3 Å². The Hall–Kier alpha value is -4.71. The molecule has 52 heavy (non-hydrogen) atoms. The van der Waals surface area contributed by atoms with Crippen LogP contribution in [0.2, 0.25) is 10.3 Å². The van der Waals surface area contributed by atoms with Crippen molar-refractivity contribution in [1.29, 1.82) is 0 Å². The molecule has 4 aromatic carbocycles. The molecule has 1 aromatic heterocycles. The molecular weight excluding hydrogens is 703 g/mol. The number of halogens is 2. The molecule has 1 aliphatic rings. The molecule has 5 aromatic rings. The van der Waals surface area contributed by atoms with E-state index in [0.717, 1.165) is 38.9 Å². The molecule has 1 saturated heterocycles. The van der Waals surface area contributed by atoms with Gasteiger partial charge in [-0.25, -0.2) is 14.6 Å². The number of aliphatic hydroxyl groups is 1. The van der Waals surface area contributed by atoms with Crippen LogP contribution in [0.25, 0.3) is 11.1 Å². The van der Waals surface area contributed by atoms with Crippen molar-refractivity contribution < 1.29 is 28.9 Å². The van der Waals surface area contributed by atoms with E-state index in [2.05, 4.69) is 22.5 Å². The van der Waals surface area contributed by atoms with Crippen LogP contribution < -0.4 is 10.6 Å². The molecular formula is C40H40Cl2N4O6. The number of nitrogens with zero attached hydrogens (tertiary/aromatic N) is 2. The number of amides is 2. The van der Waals surface area contributed by atoms with E-state index in [0.29, 0.717) is 18.1 Å². The van der Waals surface area contributed by atoms with Crippen molar-refractivity contribution >= 4 is 35.2 Å². The van der Waals surface area contributed by atoms with Gasteiger partial charge in [0.05, 0.1) is 38.8 Å². The minimum absolute atomic E-state index is 0.0383. The first kappa shape index (κ1) is 37.1. The van der Waals surface area contributed by atoms with Gasteiger partial charge in [-0.15, -0.1) is 0 Å². The van der Waals surface area contributed by atoms with Gasteiger partial charge in [0.25, 0.3) is 0 Å². The van der Waals surface area contributed by atoms with Gasteiger partial charge in [0.15, 0.2) is 11.4 Å². The van der Waals surface area contributed by atoms with Crippen LogP contribution in [0, 0.1) is 5.92 Å². The molecule has 2 heterocycles. The smallest absolute Gasteiger partial charge is 0.328 e. The van der Waals surface area contributed by atoms with Gasteiger partial charge < -0.3 is 34.5 Å². The number of urea groups is 1. The van der Waals surface area contributed by atoms with E-state index in [9.17, 15) is 14.7 Å². The number of imidazole rings is 1. The van der Waals surface area contributed by atoms with Gasteiger partial charge in [-0.3, -0.25) is 0 Å². The summed E-state index contributed by atoms with van der Waals surface area (Å²) >= 11 is 12.6. The van der Waals surface area contributed by atoms with E-state index in [4.69, 9.17) is 37.4 Å². The first-order valence-electron chi connectivity index (χ1n) is 16.9. The number of aliphatic hydroxyl groups excluding tert-OH is 1. The second-order valence-electron chi connectivity index (χ2n) is 12.7. The number of esters is 1. The number of carbonyl (C=O) groups is 2. The number of aromatic nitrogens is 2. The Labute approximate surface area is 312 Å². The summed E-state index contributed by atoms with van der Waals surface area (Å²) in [5.74, 6) is -0.570. The van der Waals surface area contributed by atoms with Crippen LogP contribution in [-0.2, 0) is 45.1 Å². The van der Waals surface area contributed by atoms with Gasteiger partial charge in [-0.05, 0) is 39.4 Å². The zero-order valence-electron chi connectivity index (χ0n) is 28.7. The Morgan fingerprint density at radius 2 is 1.60 bits per heavy atom. The summed E-state index contributed by atoms with van der Waals surface area (Å²) in [6.45, 7) is 2.73. The molecule has 12 heteroatoms. The highest BCUT2D eigenvalue weighted by Gasteiger charge is 2.39. The lowest BCUT2D eigenvalue weighted by atomic mass is 9.90. The number of nitrogens with one attached hydrogen (secondary N) is 2. The fraction of sp³-hybridized carbons (Fsp3) is 0.275. The van der Waals surface area contributed by atoms with E-state index >= 15 is 0 Å². The molecule has 3 N–H and O–H groups in total. The number of rotatable bonds is 12. The van der Waals surface area contributed by atoms with Crippen LogP contribution in [0.5, 0.6) is 0 Å². The molecule has 5 atom stereocenters. The Morgan fingerprint density at radius 3 is 2.27 bits per heavy atom. The Balaban J connectivity index is 1.14. The summed E-state index contributed by atoms with van der Waals surface area (Å²) in [7, 11) is 1.30. The topological polar surface area (TPSA) is 124 Å². The van der Waals surface area contributed by atoms with Crippen molar-refractivity contribution in [2.45, 2.75) is 57.6 Å². The molecule has 1 aliphatic heterocycles. The Bertz CT molecular complexity index is 1960. The number of methoxy groups -OCH3 is 1. The lowest BCUT2D eigenvalue weighted by Crippen LogP contribution is -2.47. The fourth-order valence-corrected chi connectivity index (χ4v) is 6.58. The lowest BCUT2D eigenvalue weighted by Gasteiger charge is -2.41. The van der Waals surface area contributed by atoms with Crippen molar-refractivity contribution in [2.24, 2.45) is 5.92 Å². The number of hydrogen-bond donors (Lipinski definition) is 3. The molecule has 6 rings (SSSR count). The van der Waals surface area contributed by atoms with E-state index in [1.807, 2.05) is 103 Å². The second-order valence-corrected chi connectivity index (χ2v) is 13.4. The highest BCUT2D eigenvalue weighted by atomic mass is 35.5. The van der Waals surface area contributed by atoms with Crippen molar-refractivity contribution in [2.75, 3.05) is 7.11 Å². The number of benzene rings is 4. The molecule has 2 amide bonds. The Morgan fingerprint density at radius 1 is 0.885 bits per heavy atom. The van der Waals surface area contributed by atoms with E-state index in [1.165, 1.54) is 7.11 Å². The predicted octanol–water partition coefficient (Wildman–Crippen LogP) is 7.42. The number of ether oxygens (including phenoxy) is 3. The minimum atomic E-state index is -0.822. The summed E-state index contributed by atoms with van der Waals surface area (Å²) in [6.07, 6.45) is 0.671. The zero-order chi connectivity index (χ0) is 36.6.